The topological polar surface area (TPSA) is 17.3 Å². The summed E-state index contributed by atoms with van der Waals surface area (Å²) in [6, 6.07) is 5.93. The molecule has 0 spiro atoms. The van der Waals surface area contributed by atoms with Crippen LogP contribution in [0.25, 0.3) is 5.65 Å². The maximum atomic E-state index is 4.08. The standard InChI is InChI=1S/C7H6N2.BrH/c1-2-5-9-6-4-8-7(9)3-1;/h1-6H;1H. The smallest absolute Gasteiger partial charge is 0.136 e. The van der Waals surface area contributed by atoms with Crippen molar-refractivity contribution in [2.24, 2.45) is 0 Å². The number of rotatable bonds is 0. The lowest BCUT2D eigenvalue weighted by Crippen LogP contribution is -1.77. The molecule has 0 atom stereocenters. The van der Waals surface area contributed by atoms with E-state index in [0.717, 1.165) is 5.65 Å². The van der Waals surface area contributed by atoms with E-state index in [-0.39, 0.29) is 17.0 Å². The van der Waals surface area contributed by atoms with Crippen molar-refractivity contribution in [2.45, 2.75) is 0 Å². The van der Waals surface area contributed by atoms with E-state index in [1.807, 2.05) is 35.0 Å². The van der Waals surface area contributed by atoms with E-state index in [4.69, 9.17) is 0 Å². The molecule has 52 valence electrons. The van der Waals surface area contributed by atoms with Gasteiger partial charge in [-0.2, -0.15) is 0 Å². The van der Waals surface area contributed by atoms with Crippen LogP contribution in [0.5, 0.6) is 0 Å². The van der Waals surface area contributed by atoms with Crippen molar-refractivity contribution in [3.8, 4) is 0 Å². The van der Waals surface area contributed by atoms with Gasteiger partial charge in [-0.3, -0.25) is 0 Å². The Morgan fingerprint density at radius 1 is 1.20 bits per heavy atom. The number of halogens is 1. The number of hydrogen-bond acceptors (Lipinski definition) is 1. The molecule has 0 fully saturated rings. The Morgan fingerprint density at radius 3 is 2.90 bits per heavy atom. The average Bonchev–Trinajstić information content (AvgIpc) is 2.33. The Bertz CT molecular complexity index is 286. The second-order valence-corrected chi connectivity index (χ2v) is 1.89. The van der Waals surface area contributed by atoms with Gasteiger partial charge in [-0.05, 0) is 12.1 Å². The van der Waals surface area contributed by atoms with E-state index in [0.29, 0.717) is 0 Å². The second-order valence-electron chi connectivity index (χ2n) is 1.89. The first-order valence-corrected chi connectivity index (χ1v) is 2.84. The zero-order valence-electron chi connectivity index (χ0n) is 5.27. The highest BCUT2D eigenvalue weighted by Crippen LogP contribution is 1.96. The molecule has 0 aliphatic rings. The predicted molar refractivity (Wildman–Crippen MR) is 45.5 cm³/mol. The normalized spacial score (nSPS) is 9.20. The molecule has 0 aromatic carbocycles. The first kappa shape index (κ1) is 7.28. The van der Waals surface area contributed by atoms with Crippen LogP contribution >= 0.6 is 17.0 Å². The molecule has 0 saturated carbocycles. The molecule has 0 N–H and O–H groups in total. The molecule has 0 aliphatic carbocycles. The van der Waals surface area contributed by atoms with E-state index in [2.05, 4.69) is 4.98 Å². The third-order valence-electron chi connectivity index (χ3n) is 1.30. The van der Waals surface area contributed by atoms with E-state index in [1.165, 1.54) is 0 Å². The van der Waals surface area contributed by atoms with E-state index >= 15 is 0 Å². The molecule has 0 amide bonds. The minimum Gasteiger partial charge on any atom is -0.307 e. The fourth-order valence-corrected chi connectivity index (χ4v) is 0.864. The highest BCUT2D eigenvalue weighted by Gasteiger charge is 1.85. The Labute approximate surface area is 69.3 Å². The van der Waals surface area contributed by atoms with Crippen LogP contribution in [0, 0.1) is 0 Å². The van der Waals surface area contributed by atoms with E-state index in [1.54, 1.807) is 6.20 Å². The molecule has 2 heterocycles. The van der Waals surface area contributed by atoms with Gasteiger partial charge in [0.2, 0.25) is 0 Å². The van der Waals surface area contributed by atoms with Crippen LogP contribution in [0.2, 0.25) is 0 Å². The van der Waals surface area contributed by atoms with Crippen LogP contribution in [-0.4, -0.2) is 9.38 Å². The highest BCUT2D eigenvalue weighted by molar-refractivity contribution is 8.93. The Kier molecular flexibility index (Phi) is 2.06. The monoisotopic (exact) mass is 198 g/mol. The highest BCUT2D eigenvalue weighted by atomic mass is 79.9. The van der Waals surface area contributed by atoms with Gasteiger partial charge < -0.3 is 4.40 Å². The lowest BCUT2D eigenvalue weighted by Gasteiger charge is -1.86. The third kappa shape index (κ3) is 1.04. The van der Waals surface area contributed by atoms with Gasteiger partial charge in [0, 0.05) is 18.6 Å². The Hall–Kier alpha value is -0.830. The zero-order chi connectivity index (χ0) is 6.10. The number of pyridine rings is 1. The molecule has 0 saturated heterocycles. The molecule has 2 aromatic rings. The first-order valence-electron chi connectivity index (χ1n) is 2.84. The predicted octanol–water partition coefficient (Wildman–Crippen LogP) is 1.91. The molecule has 0 bridgehead atoms. The summed E-state index contributed by atoms with van der Waals surface area (Å²) in [5.74, 6) is 0. The molecule has 2 rings (SSSR count). The number of aromatic nitrogens is 2. The van der Waals surface area contributed by atoms with Crippen LogP contribution in [0.15, 0.2) is 36.8 Å². The van der Waals surface area contributed by atoms with Crippen molar-refractivity contribution < 1.29 is 0 Å². The molecular weight excluding hydrogens is 192 g/mol. The van der Waals surface area contributed by atoms with Gasteiger partial charge in [0.25, 0.3) is 0 Å². The van der Waals surface area contributed by atoms with Crippen LogP contribution < -0.4 is 0 Å². The zero-order valence-corrected chi connectivity index (χ0v) is 6.98. The van der Waals surface area contributed by atoms with Gasteiger partial charge in [-0.25, -0.2) is 4.98 Å². The lowest BCUT2D eigenvalue weighted by molar-refractivity contribution is 1.19. The summed E-state index contributed by atoms with van der Waals surface area (Å²) in [5.41, 5.74) is 0.998. The van der Waals surface area contributed by atoms with E-state index in [9.17, 15) is 0 Å². The van der Waals surface area contributed by atoms with Crippen molar-refractivity contribution in [3.05, 3.63) is 36.8 Å². The largest absolute Gasteiger partial charge is 0.307 e. The maximum absolute atomic E-state index is 4.08. The fourth-order valence-electron chi connectivity index (χ4n) is 0.864. The SMILES string of the molecule is Br.c1ccn2ccnc2c1. The summed E-state index contributed by atoms with van der Waals surface area (Å²) in [4.78, 5) is 4.08. The molecule has 2 aromatic heterocycles. The number of nitrogens with zero attached hydrogens (tertiary/aromatic N) is 2. The molecule has 0 radical (unpaired) electrons. The summed E-state index contributed by atoms with van der Waals surface area (Å²) < 4.78 is 1.97. The van der Waals surface area contributed by atoms with Crippen LogP contribution in [0.4, 0.5) is 0 Å². The summed E-state index contributed by atoms with van der Waals surface area (Å²) in [5, 5.41) is 0. The molecule has 2 nitrogen and oxygen atoms in total. The minimum absolute atomic E-state index is 0. The Morgan fingerprint density at radius 2 is 2.10 bits per heavy atom. The lowest BCUT2D eigenvalue weighted by atomic mass is 10.5. The Balaban J connectivity index is 0.000000500. The second kappa shape index (κ2) is 2.84. The van der Waals surface area contributed by atoms with Crippen molar-refractivity contribution in [1.82, 2.24) is 9.38 Å². The average molecular weight is 199 g/mol. The van der Waals surface area contributed by atoms with Crippen LogP contribution in [0.1, 0.15) is 0 Å². The molecule has 3 heteroatoms. The maximum Gasteiger partial charge on any atom is 0.136 e. The van der Waals surface area contributed by atoms with Gasteiger partial charge >= 0.3 is 0 Å². The molecule has 10 heavy (non-hydrogen) atoms. The summed E-state index contributed by atoms with van der Waals surface area (Å²) in [6.45, 7) is 0. The molecular formula is C7H7BrN2. The summed E-state index contributed by atoms with van der Waals surface area (Å²) >= 11 is 0. The van der Waals surface area contributed by atoms with Gasteiger partial charge in [0.05, 0.1) is 0 Å². The van der Waals surface area contributed by atoms with Crippen molar-refractivity contribution in [1.29, 1.82) is 0 Å². The van der Waals surface area contributed by atoms with Gasteiger partial charge in [-0.15, -0.1) is 17.0 Å². The summed E-state index contributed by atoms with van der Waals surface area (Å²) in [7, 11) is 0. The third-order valence-corrected chi connectivity index (χ3v) is 1.30. The van der Waals surface area contributed by atoms with Crippen molar-refractivity contribution >= 4 is 22.6 Å². The molecule has 0 aliphatic heterocycles. The van der Waals surface area contributed by atoms with Crippen LogP contribution in [-0.2, 0) is 0 Å². The minimum atomic E-state index is 0. The number of imidazole rings is 1. The summed E-state index contributed by atoms with van der Waals surface area (Å²) in [6.07, 6.45) is 5.69. The van der Waals surface area contributed by atoms with Gasteiger partial charge in [0.15, 0.2) is 0 Å². The number of hydrogen-bond donors (Lipinski definition) is 0. The quantitative estimate of drug-likeness (QED) is 0.633. The fraction of sp³-hybridized carbons (Fsp3) is 0. The number of fused-ring (bicyclic) bond motifs is 1. The molecule has 0 unspecified atom stereocenters. The van der Waals surface area contributed by atoms with Crippen LogP contribution in [0.3, 0.4) is 0 Å². The van der Waals surface area contributed by atoms with Gasteiger partial charge in [0.1, 0.15) is 5.65 Å². The van der Waals surface area contributed by atoms with Gasteiger partial charge in [-0.1, -0.05) is 6.07 Å². The van der Waals surface area contributed by atoms with Crippen molar-refractivity contribution in [2.75, 3.05) is 0 Å². The van der Waals surface area contributed by atoms with Crippen molar-refractivity contribution in [3.63, 3.8) is 0 Å². The first-order chi connectivity index (χ1) is 4.47. The van der Waals surface area contributed by atoms with E-state index < -0.39 is 0 Å².